The van der Waals surface area contributed by atoms with Crippen LogP contribution in [-0.4, -0.2) is 13.2 Å². The van der Waals surface area contributed by atoms with Gasteiger partial charge in [-0.05, 0) is 41.0 Å². The summed E-state index contributed by atoms with van der Waals surface area (Å²) < 4.78 is 6.44. The summed E-state index contributed by atoms with van der Waals surface area (Å²) in [7, 11) is 0. The van der Waals surface area contributed by atoms with E-state index in [0.717, 1.165) is 16.6 Å². The lowest BCUT2D eigenvalue weighted by atomic mass is 10.3. The Balaban J connectivity index is 2.46. The van der Waals surface area contributed by atoms with Crippen LogP contribution in [0.25, 0.3) is 0 Å². The highest BCUT2D eigenvalue weighted by Crippen LogP contribution is 2.23. The molecule has 0 amide bonds. The third kappa shape index (κ3) is 2.83. The van der Waals surface area contributed by atoms with Crippen molar-refractivity contribution in [2.75, 3.05) is 13.2 Å². The van der Waals surface area contributed by atoms with Crippen molar-refractivity contribution in [2.24, 2.45) is 5.73 Å². The molecule has 0 saturated carbocycles. The highest BCUT2D eigenvalue weighted by atomic mass is 79.9. The van der Waals surface area contributed by atoms with E-state index in [2.05, 4.69) is 15.9 Å². The Morgan fingerprint density at radius 1 is 1.33 bits per heavy atom. The SMILES string of the molecule is NCCCOc1ccccc1Br. The number of nitrogens with two attached hydrogens (primary N) is 1. The first kappa shape index (κ1) is 9.55. The van der Waals surface area contributed by atoms with E-state index in [1.54, 1.807) is 0 Å². The maximum Gasteiger partial charge on any atom is 0.133 e. The highest BCUT2D eigenvalue weighted by Gasteiger charge is 1.96. The van der Waals surface area contributed by atoms with Gasteiger partial charge in [-0.25, -0.2) is 0 Å². The summed E-state index contributed by atoms with van der Waals surface area (Å²) in [4.78, 5) is 0. The van der Waals surface area contributed by atoms with Gasteiger partial charge in [-0.1, -0.05) is 12.1 Å². The van der Waals surface area contributed by atoms with E-state index in [4.69, 9.17) is 10.5 Å². The highest BCUT2D eigenvalue weighted by molar-refractivity contribution is 9.10. The number of hydrogen-bond donors (Lipinski definition) is 1. The molecule has 0 aliphatic heterocycles. The van der Waals surface area contributed by atoms with Gasteiger partial charge < -0.3 is 10.5 Å². The number of hydrogen-bond acceptors (Lipinski definition) is 2. The molecule has 1 aromatic rings. The fourth-order valence-corrected chi connectivity index (χ4v) is 1.23. The zero-order valence-corrected chi connectivity index (χ0v) is 8.38. The maximum absolute atomic E-state index is 5.45. The summed E-state index contributed by atoms with van der Waals surface area (Å²) in [5.74, 6) is 0.881. The second-order valence-electron chi connectivity index (χ2n) is 2.42. The summed E-state index contributed by atoms with van der Waals surface area (Å²) in [6.45, 7) is 1.35. The summed E-state index contributed by atoms with van der Waals surface area (Å²) in [6, 6.07) is 7.79. The fourth-order valence-electron chi connectivity index (χ4n) is 0.827. The van der Waals surface area contributed by atoms with Gasteiger partial charge in [0.15, 0.2) is 0 Å². The van der Waals surface area contributed by atoms with Gasteiger partial charge in [0.25, 0.3) is 0 Å². The van der Waals surface area contributed by atoms with Gasteiger partial charge in [0.1, 0.15) is 5.75 Å². The van der Waals surface area contributed by atoms with E-state index < -0.39 is 0 Å². The van der Waals surface area contributed by atoms with Gasteiger partial charge in [0.05, 0.1) is 11.1 Å². The summed E-state index contributed by atoms with van der Waals surface area (Å²) in [5.41, 5.74) is 5.34. The zero-order chi connectivity index (χ0) is 8.81. The van der Waals surface area contributed by atoms with Crippen LogP contribution in [0, 0.1) is 0 Å². The number of ether oxygens (including phenoxy) is 1. The molecule has 0 atom stereocenters. The lowest BCUT2D eigenvalue weighted by Gasteiger charge is -2.06. The third-order valence-corrected chi connectivity index (χ3v) is 2.10. The van der Waals surface area contributed by atoms with Crippen molar-refractivity contribution in [3.8, 4) is 5.75 Å². The van der Waals surface area contributed by atoms with E-state index >= 15 is 0 Å². The molecule has 1 rings (SSSR count). The second-order valence-corrected chi connectivity index (χ2v) is 3.28. The molecule has 66 valence electrons. The first-order valence-electron chi connectivity index (χ1n) is 3.92. The molecule has 0 unspecified atom stereocenters. The van der Waals surface area contributed by atoms with Crippen LogP contribution >= 0.6 is 15.9 Å². The standard InChI is InChI=1S/C9H12BrNO/c10-8-4-1-2-5-9(8)12-7-3-6-11/h1-2,4-5H,3,6-7,11H2. The molecule has 0 aliphatic carbocycles. The van der Waals surface area contributed by atoms with Crippen LogP contribution in [0.15, 0.2) is 28.7 Å². The third-order valence-electron chi connectivity index (χ3n) is 1.44. The summed E-state index contributed by atoms with van der Waals surface area (Å²) >= 11 is 3.39. The largest absolute Gasteiger partial charge is 0.492 e. The molecule has 2 nitrogen and oxygen atoms in total. The summed E-state index contributed by atoms with van der Waals surface area (Å²) in [6.07, 6.45) is 0.890. The summed E-state index contributed by atoms with van der Waals surface area (Å²) in [5, 5.41) is 0. The minimum absolute atomic E-state index is 0.671. The second kappa shape index (κ2) is 5.17. The van der Waals surface area contributed by atoms with Gasteiger partial charge in [-0.2, -0.15) is 0 Å². The van der Waals surface area contributed by atoms with E-state index in [1.165, 1.54) is 0 Å². The van der Waals surface area contributed by atoms with Crippen molar-refractivity contribution >= 4 is 15.9 Å². The molecule has 3 heteroatoms. The zero-order valence-electron chi connectivity index (χ0n) is 6.79. The topological polar surface area (TPSA) is 35.2 Å². The lowest BCUT2D eigenvalue weighted by Crippen LogP contribution is -2.06. The van der Waals surface area contributed by atoms with Gasteiger partial charge in [0, 0.05) is 0 Å². The minimum Gasteiger partial charge on any atom is -0.492 e. The van der Waals surface area contributed by atoms with Gasteiger partial charge in [-0.3, -0.25) is 0 Å². The molecule has 0 aromatic heterocycles. The molecule has 0 bridgehead atoms. The molecule has 0 fully saturated rings. The molecule has 0 heterocycles. The maximum atomic E-state index is 5.45. The predicted octanol–water partition coefficient (Wildman–Crippen LogP) is 2.18. The molecular formula is C9H12BrNO. The Bertz CT molecular complexity index is 240. The van der Waals surface area contributed by atoms with Crippen molar-refractivity contribution in [3.05, 3.63) is 28.7 Å². The van der Waals surface area contributed by atoms with E-state index in [9.17, 15) is 0 Å². The Hall–Kier alpha value is -0.540. The smallest absolute Gasteiger partial charge is 0.133 e. The van der Waals surface area contributed by atoms with Gasteiger partial charge in [0.2, 0.25) is 0 Å². The lowest BCUT2D eigenvalue weighted by molar-refractivity contribution is 0.311. The molecular weight excluding hydrogens is 218 g/mol. The van der Waals surface area contributed by atoms with Crippen LogP contribution < -0.4 is 10.5 Å². The van der Waals surface area contributed by atoms with Crippen LogP contribution in [0.2, 0.25) is 0 Å². The van der Waals surface area contributed by atoms with Crippen LogP contribution in [0.4, 0.5) is 0 Å². The van der Waals surface area contributed by atoms with Crippen molar-refractivity contribution in [2.45, 2.75) is 6.42 Å². The van der Waals surface area contributed by atoms with Crippen molar-refractivity contribution < 1.29 is 4.74 Å². The van der Waals surface area contributed by atoms with Crippen molar-refractivity contribution in [1.29, 1.82) is 0 Å². The average molecular weight is 230 g/mol. The van der Waals surface area contributed by atoms with E-state index in [-0.39, 0.29) is 0 Å². The molecule has 0 radical (unpaired) electrons. The number of para-hydroxylation sites is 1. The number of benzene rings is 1. The molecule has 12 heavy (non-hydrogen) atoms. The Morgan fingerprint density at radius 2 is 2.08 bits per heavy atom. The van der Waals surface area contributed by atoms with E-state index in [1.807, 2.05) is 24.3 Å². The number of halogens is 1. The Morgan fingerprint density at radius 3 is 2.75 bits per heavy atom. The predicted molar refractivity (Wildman–Crippen MR) is 53.3 cm³/mol. The normalized spacial score (nSPS) is 9.83. The quantitative estimate of drug-likeness (QED) is 0.804. The Kier molecular flexibility index (Phi) is 4.11. The Labute approximate surface area is 80.8 Å². The van der Waals surface area contributed by atoms with E-state index in [0.29, 0.717) is 13.2 Å². The first-order valence-corrected chi connectivity index (χ1v) is 4.71. The monoisotopic (exact) mass is 229 g/mol. The molecule has 2 N–H and O–H groups in total. The van der Waals surface area contributed by atoms with Crippen LogP contribution in [0.1, 0.15) is 6.42 Å². The number of rotatable bonds is 4. The van der Waals surface area contributed by atoms with Gasteiger partial charge >= 0.3 is 0 Å². The molecule has 0 saturated heterocycles. The van der Waals surface area contributed by atoms with Crippen molar-refractivity contribution in [3.63, 3.8) is 0 Å². The fraction of sp³-hybridized carbons (Fsp3) is 0.333. The molecule has 1 aromatic carbocycles. The average Bonchev–Trinajstić information content (AvgIpc) is 2.09. The molecule has 0 spiro atoms. The van der Waals surface area contributed by atoms with Crippen LogP contribution in [-0.2, 0) is 0 Å². The first-order chi connectivity index (χ1) is 5.84. The van der Waals surface area contributed by atoms with Gasteiger partial charge in [-0.15, -0.1) is 0 Å². The van der Waals surface area contributed by atoms with Crippen molar-refractivity contribution in [1.82, 2.24) is 0 Å². The van der Waals surface area contributed by atoms with Crippen LogP contribution in [0.3, 0.4) is 0 Å². The van der Waals surface area contributed by atoms with Crippen LogP contribution in [0.5, 0.6) is 5.75 Å². The molecule has 0 aliphatic rings. The minimum atomic E-state index is 0.671.